The molecule has 0 saturated heterocycles. The standard InChI is InChI=1S/C18H20ClNO/c1-12-10-14(19)7-9-17(12)20-18-5-3-4-13-6-8-15(21-2)11-16(13)18/h6-11,18,20H,3-5H2,1-2H3. The lowest BCUT2D eigenvalue weighted by molar-refractivity contribution is 0.413. The molecule has 0 fully saturated rings. The molecule has 2 nitrogen and oxygen atoms in total. The minimum absolute atomic E-state index is 0.337. The smallest absolute Gasteiger partial charge is 0.119 e. The van der Waals surface area contributed by atoms with Crippen molar-refractivity contribution in [2.75, 3.05) is 12.4 Å². The van der Waals surface area contributed by atoms with Gasteiger partial charge in [0.15, 0.2) is 0 Å². The summed E-state index contributed by atoms with van der Waals surface area (Å²) in [7, 11) is 1.72. The maximum atomic E-state index is 6.04. The Morgan fingerprint density at radius 2 is 2.05 bits per heavy atom. The van der Waals surface area contributed by atoms with E-state index in [9.17, 15) is 0 Å². The Morgan fingerprint density at radius 1 is 1.19 bits per heavy atom. The molecule has 1 aliphatic carbocycles. The number of aryl methyl sites for hydroxylation is 2. The van der Waals surface area contributed by atoms with E-state index in [4.69, 9.17) is 16.3 Å². The fraction of sp³-hybridized carbons (Fsp3) is 0.333. The van der Waals surface area contributed by atoms with Crippen LogP contribution in [0.15, 0.2) is 36.4 Å². The van der Waals surface area contributed by atoms with Crippen LogP contribution in [0.5, 0.6) is 5.75 Å². The van der Waals surface area contributed by atoms with Crippen LogP contribution in [-0.4, -0.2) is 7.11 Å². The Morgan fingerprint density at radius 3 is 2.81 bits per heavy atom. The molecular formula is C18H20ClNO. The summed E-state index contributed by atoms with van der Waals surface area (Å²) in [5.74, 6) is 0.926. The summed E-state index contributed by atoms with van der Waals surface area (Å²) in [6, 6.07) is 12.7. The summed E-state index contributed by atoms with van der Waals surface area (Å²) in [4.78, 5) is 0. The first-order valence-electron chi connectivity index (χ1n) is 7.37. The summed E-state index contributed by atoms with van der Waals surface area (Å²) < 4.78 is 5.37. The Balaban J connectivity index is 1.90. The highest BCUT2D eigenvalue weighted by atomic mass is 35.5. The van der Waals surface area contributed by atoms with Gasteiger partial charge in [0, 0.05) is 10.7 Å². The van der Waals surface area contributed by atoms with Crippen molar-refractivity contribution in [3.63, 3.8) is 0 Å². The maximum Gasteiger partial charge on any atom is 0.119 e. The lowest BCUT2D eigenvalue weighted by atomic mass is 9.87. The Labute approximate surface area is 131 Å². The first-order chi connectivity index (χ1) is 10.2. The second-order valence-corrected chi connectivity index (χ2v) is 6.05. The Kier molecular flexibility index (Phi) is 4.07. The fourth-order valence-corrected chi connectivity index (χ4v) is 3.26. The third-order valence-electron chi connectivity index (χ3n) is 4.19. The van der Waals surface area contributed by atoms with Crippen molar-refractivity contribution in [3.8, 4) is 5.75 Å². The van der Waals surface area contributed by atoms with E-state index in [1.54, 1.807) is 7.11 Å². The van der Waals surface area contributed by atoms with Gasteiger partial charge in [0.1, 0.15) is 5.75 Å². The molecule has 2 aromatic carbocycles. The van der Waals surface area contributed by atoms with Gasteiger partial charge in [-0.15, -0.1) is 0 Å². The number of rotatable bonds is 3. The van der Waals surface area contributed by atoms with Crippen molar-refractivity contribution in [2.24, 2.45) is 0 Å². The van der Waals surface area contributed by atoms with Gasteiger partial charge in [0.25, 0.3) is 0 Å². The highest BCUT2D eigenvalue weighted by Gasteiger charge is 2.21. The third-order valence-corrected chi connectivity index (χ3v) is 4.42. The molecule has 0 aliphatic heterocycles. The van der Waals surface area contributed by atoms with E-state index in [-0.39, 0.29) is 0 Å². The average Bonchev–Trinajstić information content (AvgIpc) is 2.50. The molecule has 0 aromatic heterocycles. The van der Waals surface area contributed by atoms with Gasteiger partial charge < -0.3 is 10.1 Å². The topological polar surface area (TPSA) is 21.3 Å². The second kappa shape index (κ2) is 5.98. The van der Waals surface area contributed by atoms with Crippen LogP contribution in [0, 0.1) is 6.92 Å². The van der Waals surface area contributed by atoms with Gasteiger partial charge in [-0.2, -0.15) is 0 Å². The quantitative estimate of drug-likeness (QED) is 0.847. The molecule has 0 radical (unpaired) electrons. The number of benzene rings is 2. The number of methoxy groups -OCH3 is 1. The van der Waals surface area contributed by atoms with Crippen molar-refractivity contribution in [2.45, 2.75) is 32.2 Å². The van der Waals surface area contributed by atoms with Crippen LogP contribution < -0.4 is 10.1 Å². The minimum atomic E-state index is 0.337. The maximum absolute atomic E-state index is 6.04. The molecular weight excluding hydrogens is 282 g/mol. The second-order valence-electron chi connectivity index (χ2n) is 5.61. The van der Waals surface area contributed by atoms with Gasteiger partial charge in [-0.25, -0.2) is 0 Å². The number of fused-ring (bicyclic) bond motifs is 1. The molecule has 0 bridgehead atoms. The number of anilines is 1. The number of ether oxygens (including phenoxy) is 1. The first kappa shape index (κ1) is 14.3. The zero-order valence-corrected chi connectivity index (χ0v) is 13.2. The van der Waals surface area contributed by atoms with Crippen molar-refractivity contribution in [1.82, 2.24) is 0 Å². The van der Waals surface area contributed by atoms with Crippen molar-refractivity contribution in [1.29, 1.82) is 0 Å². The molecule has 0 saturated carbocycles. The summed E-state index contributed by atoms with van der Waals surface area (Å²) in [6.45, 7) is 2.09. The molecule has 1 aliphatic rings. The largest absolute Gasteiger partial charge is 0.497 e. The van der Waals surface area contributed by atoms with E-state index >= 15 is 0 Å². The van der Waals surface area contributed by atoms with Gasteiger partial charge in [-0.3, -0.25) is 0 Å². The van der Waals surface area contributed by atoms with Crippen LogP contribution in [0.1, 0.15) is 35.6 Å². The van der Waals surface area contributed by atoms with Crippen LogP contribution in [-0.2, 0) is 6.42 Å². The molecule has 3 heteroatoms. The fourth-order valence-electron chi connectivity index (χ4n) is 3.03. The predicted molar refractivity (Wildman–Crippen MR) is 88.5 cm³/mol. The molecule has 0 heterocycles. The van der Waals surface area contributed by atoms with E-state index in [1.165, 1.54) is 23.1 Å². The molecule has 2 aromatic rings. The van der Waals surface area contributed by atoms with Crippen LogP contribution in [0.3, 0.4) is 0 Å². The van der Waals surface area contributed by atoms with Gasteiger partial charge >= 0.3 is 0 Å². The molecule has 0 spiro atoms. The minimum Gasteiger partial charge on any atom is -0.497 e. The SMILES string of the molecule is COc1ccc2c(c1)C(Nc1ccc(Cl)cc1C)CCC2. The van der Waals surface area contributed by atoms with Crippen molar-refractivity contribution >= 4 is 17.3 Å². The monoisotopic (exact) mass is 301 g/mol. The van der Waals surface area contributed by atoms with E-state index in [0.29, 0.717) is 6.04 Å². The zero-order chi connectivity index (χ0) is 14.8. The third kappa shape index (κ3) is 3.01. The normalized spacial score (nSPS) is 17.2. The molecule has 1 atom stereocenters. The van der Waals surface area contributed by atoms with Gasteiger partial charge in [0.05, 0.1) is 13.2 Å². The number of hydrogen-bond donors (Lipinski definition) is 1. The van der Waals surface area contributed by atoms with Crippen molar-refractivity contribution < 1.29 is 4.74 Å². The number of hydrogen-bond acceptors (Lipinski definition) is 2. The number of nitrogens with one attached hydrogen (secondary N) is 1. The van der Waals surface area contributed by atoms with Crippen molar-refractivity contribution in [3.05, 3.63) is 58.1 Å². The van der Waals surface area contributed by atoms with E-state index in [2.05, 4.69) is 36.5 Å². The highest BCUT2D eigenvalue weighted by molar-refractivity contribution is 6.30. The summed E-state index contributed by atoms with van der Waals surface area (Å²) in [6.07, 6.45) is 3.50. The lowest BCUT2D eigenvalue weighted by Gasteiger charge is -2.28. The molecule has 1 unspecified atom stereocenters. The molecule has 3 rings (SSSR count). The Hall–Kier alpha value is -1.67. The van der Waals surface area contributed by atoms with E-state index in [0.717, 1.165) is 29.3 Å². The summed E-state index contributed by atoms with van der Waals surface area (Å²) in [5, 5.41) is 4.45. The first-order valence-corrected chi connectivity index (χ1v) is 7.74. The van der Waals surface area contributed by atoms with E-state index in [1.807, 2.05) is 12.1 Å². The van der Waals surface area contributed by atoms with Gasteiger partial charge in [-0.05, 0) is 73.2 Å². The van der Waals surface area contributed by atoms with Crippen LogP contribution in [0.25, 0.3) is 0 Å². The lowest BCUT2D eigenvalue weighted by Crippen LogP contribution is -2.18. The Bertz CT molecular complexity index is 654. The molecule has 0 amide bonds. The predicted octanol–water partition coefficient (Wildman–Crippen LogP) is 5.15. The molecule has 110 valence electrons. The van der Waals surface area contributed by atoms with Crippen LogP contribution >= 0.6 is 11.6 Å². The van der Waals surface area contributed by atoms with Gasteiger partial charge in [-0.1, -0.05) is 17.7 Å². The van der Waals surface area contributed by atoms with E-state index < -0.39 is 0 Å². The van der Waals surface area contributed by atoms with Gasteiger partial charge in [0.2, 0.25) is 0 Å². The zero-order valence-electron chi connectivity index (χ0n) is 12.4. The molecule has 21 heavy (non-hydrogen) atoms. The number of halogens is 1. The average molecular weight is 302 g/mol. The highest BCUT2D eigenvalue weighted by Crippen LogP contribution is 2.35. The summed E-state index contributed by atoms with van der Waals surface area (Å²) >= 11 is 6.04. The summed E-state index contributed by atoms with van der Waals surface area (Å²) in [5.41, 5.74) is 5.11. The van der Waals surface area contributed by atoms with Crippen LogP contribution in [0.4, 0.5) is 5.69 Å². The molecule has 1 N–H and O–H groups in total. The van der Waals surface area contributed by atoms with Crippen LogP contribution in [0.2, 0.25) is 5.02 Å².